The first-order chi connectivity index (χ1) is 9.49. The van der Waals surface area contributed by atoms with E-state index in [2.05, 4.69) is 55.0 Å². The van der Waals surface area contributed by atoms with Crippen molar-refractivity contribution < 1.29 is 9.90 Å². The molecule has 0 saturated carbocycles. The van der Waals surface area contributed by atoms with Gasteiger partial charge in [-0.25, -0.2) is 0 Å². The van der Waals surface area contributed by atoms with Crippen LogP contribution in [0.3, 0.4) is 0 Å². The van der Waals surface area contributed by atoms with Crippen LogP contribution in [0.1, 0.15) is 30.4 Å². The average molecular weight is 407 g/mol. The SMILES string of the molecule is Cc1ccc(N(CCBr)CCBr)cc1C(C)CC(=O)O. The first-order valence-corrected chi connectivity index (χ1v) is 8.93. The van der Waals surface area contributed by atoms with E-state index in [9.17, 15) is 4.79 Å². The molecule has 5 heteroatoms. The van der Waals surface area contributed by atoms with Gasteiger partial charge in [0.25, 0.3) is 0 Å². The Kier molecular flexibility index (Phi) is 7.59. The van der Waals surface area contributed by atoms with Crippen LogP contribution in [0.15, 0.2) is 18.2 Å². The van der Waals surface area contributed by atoms with Gasteiger partial charge in [0.2, 0.25) is 0 Å². The minimum absolute atomic E-state index is 0.0299. The summed E-state index contributed by atoms with van der Waals surface area (Å²) in [6.45, 7) is 5.87. The van der Waals surface area contributed by atoms with Crippen molar-refractivity contribution in [1.82, 2.24) is 0 Å². The lowest BCUT2D eigenvalue weighted by Gasteiger charge is -2.25. The maximum Gasteiger partial charge on any atom is 0.303 e. The van der Waals surface area contributed by atoms with E-state index >= 15 is 0 Å². The predicted octanol–water partition coefficient (Wildman–Crippen LogP) is 4.17. The zero-order valence-electron chi connectivity index (χ0n) is 11.9. The fraction of sp³-hybridized carbons (Fsp3) is 0.533. The van der Waals surface area contributed by atoms with E-state index in [4.69, 9.17) is 5.11 Å². The van der Waals surface area contributed by atoms with Gasteiger partial charge in [0.15, 0.2) is 0 Å². The van der Waals surface area contributed by atoms with E-state index in [1.165, 1.54) is 0 Å². The predicted molar refractivity (Wildman–Crippen MR) is 91.6 cm³/mol. The van der Waals surface area contributed by atoms with Crippen molar-refractivity contribution >= 4 is 43.5 Å². The fourth-order valence-electron chi connectivity index (χ4n) is 2.30. The number of carboxylic acid groups (broad SMARTS) is 1. The summed E-state index contributed by atoms with van der Waals surface area (Å²) >= 11 is 6.95. The highest BCUT2D eigenvalue weighted by Crippen LogP contribution is 2.27. The topological polar surface area (TPSA) is 40.5 Å². The Hall–Kier alpha value is -0.550. The summed E-state index contributed by atoms with van der Waals surface area (Å²) < 4.78 is 0. The van der Waals surface area contributed by atoms with Crippen LogP contribution in [0.2, 0.25) is 0 Å². The molecule has 0 aliphatic rings. The molecule has 0 aliphatic carbocycles. The summed E-state index contributed by atoms with van der Waals surface area (Å²) in [7, 11) is 0. The Balaban J connectivity index is 3.02. The number of rotatable bonds is 8. The molecule has 0 bridgehead atoms. The lowest BCUT2D eigenvalue weighted by Crippen LogP contribution is -2.27. The number of aliphatic carboxylic acids is 1. The quantitative estimate of drug-likeness (QED) is 0.658. The van der Waals surface area contributed by atoms with Gasteiger partial charge in [0.05, 0.1) is 6.42 Å². The van der Waals surface area contributed by atoms with Gasteiger partial charge < -0.3 is 10.0 Å². The van der Waals surface area contributed by atoms with Gasteiger partial charge in [-0.05, 0) is 36.1 Å². The molecule has 20 heavy (non-hydrogen) atoms. The van der Waals surface area contributed by atoms with E-state index in [0.29, 0.717) is 0 Å². The van der Waals surface area contributed by atoms with Crippen LogP contribution < -0.4 is 4.90 Å². The molecule has 112 valence electrons. The standard InChI is InChI=1S/C15H21Br2NO2/c1-11-3-4-13(18(7-5-16)8-6-17)10-14(11)12(2)9-15(19)20/h3-4,10,12H,5-9H2,1-2H3,(H,19,20). The second kappa shape index (κ2) is 8.67. The molecule has 0 amide bonds. The third kappa shape index (κ3) is 5.09. The van der Waals surface area contributed by atoms with Crippen molar-refractivity contribution in [2.45, 2.75) is 26.2 Å². The third-order valence-corrected chi connectivity index (χ3v) is 4.06. The Bertz CT molecular complexity index is 445. The maximum absolute atomic E-state index is 10.9. The first-order valence-electron chi connectivity index (χ1n) is 6.68. The molecule has 0 fully saturated rings. The molecule has 1 N–H and O–H groups in total. The van der Waals surface area contributed by atoms with E-state index in [1.54, 1.807) is 0 Å². The molecule has 0 aliphatic heterocycles. The molecule has 1 unspecified atom stereocenters. The summed E-state index contributed by atoms with van der Waals surface area (Å²) in [5.74, 6) is -0.720. The van der Waals surface area contributed by atoms with Crippen molar-refractivity contribution in [1.29, 1.82) is 0 Å². The highest BCUT2D eigenvalue weighted by Gasteiger charge is 2.14. The highest BCUT2D eigenvalue weighted by atomic mass is 79.9. The van der Waals surface area contributed by atoms with E-state index in [-0.39, 0.29) is 12.3 Å². The number of carbonyl (C=O) groups is 1. The zero-order chi connectivity index (χ0) is 15.1. The van der Waals surface area contributed by atoms with Crippen LogP contribution in [0, 0.1) is 6.92 Å². The molecule has 0 aromatic heterocycles. The summed E-state index contributed by atoms with van der Waals surface area (Å²) in [5.41, 5.74) is 3.43. The van der Waals surface area contributed by atoms with Gasteiger partial charge in [-0.1, -0.05) is 44.8 Å². The zero-order valence-corrected chi connectivity index (χ0v) is 15.1. The minimum Gasteiger partial charge on any atom is -0.481 e. The van der Waals surface area contributed by atoms with Crippen molar-refractivity contribution in [3.63, 3.8) is 0 Å². The number of anilines is 1. The van der Waals surface area contributed by atoms with Crippen molar-refractivity contribution in [3.8, 4) is 0 Å². The molecule has 0 heterocycles. The van der Waals surface area contributed by atoms with Crippen LogP contribution >= 0.6 is 31.9 Å². The van der Waals surface area contributed by atoms with Crippen molar-refractivity contribution in [2.24, 2.45) is 0 Å². The van der Waals surface area contributed by atoms with Crippen LogP contribution in [-0.2, 0) is 4.79 Å². The molecular weight excluding hydrogens is 386 g/mol. The summed E-state index contributed by atoms with van der Waals surface area (Å²) in [5, 5.41) is 10.8. The molecule has 1 rings (SSSR count). The minimum atomic E-state index is -0.750. The van der Waals surface area contributed by atoms with Crippen LogP contribution in [0.25, 0.3) is 0 Å². The normalized spacial score (nSPS) is 12.2. The van der Waals surface area contributed by atoms with Crippen LogP contribution in [0.5, 0.6) is 0 Å². The largest absolute Gasteiger partial charge is 0.481 e. The number of hydrogen-bond donors (Lipinski definition) is 1. The number of aryl methyl sites for hydroxylation is 1. The molecule has 1 aromatic carbocycles. The first kappa shape index (κ1) is 17.5. The molecule has 0 spiro atoms. The number of alkyl halides is 2. The lowest BCUT2D eigenvalue weighted by molar-refractivity contribution is -0.137. The fourth-order valence-corrected chi connectivity index (χ4v) is 3.16. The lowest BCUT2D eigenvalue weighted by atomic mass is 9.93. The number of benzene rings is 1. The summed E-state index contributed by atoms with van der Waals surface area (Å²) in [6, 6.07) is 6.32. The maximum atomic E-state index is 10.9. The molecule has 3 nitrogen and oxygen atoms in total. The van der Waals surface area contributed by atoms with Crippen LogP contribution in [0.4, 0.5) is 5.69 Å². The smallest absolute Gasteiger partial charge is 0.303 e. The van der Waals surface area contributed by atoms with Gasteiger partial charge in [0, 0.05) is 29.4 Å². The average Bonchev–Trinajstić information content (AvgIpc) is 2.38. The Morgan fingerprint density at radius 1 is 1.30 bits per heavy atom. The molecule has 0 radical (unpaired) electrons. The van der Waals surface area contributed by atoms with Gasteiger partial charge in [0.1, 0.15) is 0 Å². The Morgan fingerprint density at radius 2 is 1.90 bits per heavy atom. The van der Waals surface area contributed by atoms with E-state index in [0.717, 1.165) is 40.6 Å². The van der Waals surface area contributed by atoms with E-state index < -0.39 is 5.97 Å². The molecule has 1 atom stereocenters. The summed E-state index contributed by atoms with van der Waals surface area (Å²) in [6.07, 6.45) is 0.168. The number of nitrogens with zero attached hydrogens (tertiary/aromatic N) is 1. The number of halogens is 2. The van der Waals surface area contributed by atoms with Gasteiger partial charge >= 0.3 is 5.97 Å². The molecule has 0 saturated heterocycles. The highest BCUT2D eigenvalue weighted by molar-refractivity contribution is 9.09. The Labute approximate surface area is 137 Å². The number of hydrogen-bond acceptors (Lipinski definition) is 2. The molecular formula is C15H21Br2NO2. The monoisotopic (exact) mass is 405 g/mol. The second-order valence-corrected chi connectivity index (χ2v) is 6.49. The third-order valence-electron chi connectivity index (χ3n) is 3.35. The van der Waals surface area contributed by atoms with Gasteiger partial charge in [-0.2, -0.15) is 0 Å². The summed E-state index contributed by atoms with van der Waals surface area (Å²) in [4.78, 5) is 13.2. The van der Waals surface area contributed by atoms with Gasteiger partial charge in [-0.3, -0.25) is 4.79 Å². The second-order valence-electron chi connectivity index (χ2n) is 4.90. The van der Waals surface area contributed by atoms with Crippen molar-refractivity contribution in [2.75, 3.05) is 28.6 Å². The number of carboxylic acids is 1. The van der Waals surface area contributed by atoms with E-state index in [1.807, 2.05) is 13.8 Å². The van der Waals surface area contributed by atoms with Crippen molar-refractivity contribution in [3.05, 3.63) is 29.3 Å². The van der Waals surface area contributed by atoms with Gasteiger partial charge in [-0.15, -0.1) is 0 Å². The molecule has 1 aromatic rings. The van der Waals surface area contributed by atoms with Crippen LogP contribution in [-0.4, -0.2) is 34.8 Å². The Morgan fingerprint density at radius 3 is 2.40 bits per heavy atom.